The lowest BCUT2D eigenvalue weighted by Crippen LogP contribution is -2.00. The Labute approximate surface area is 139 Å². The number of nitrogens with one attached hydrogen (secondary N) is 1. The van der Waals surface area contributed by atoms with Crippen molar-refractivity contribution in [2.45, 2.75) is 6.54 Å². The molecule has 0 aliphatic rings. The second-order valence-electron chi connectivity index (χ2n) is 4.74. The molecule has 0 saturated heterocycles. The van der Waals surface area contributed by atoms with Crippen molar-refractivity contribution in [3.05, 3.63) is 74.9 Å². The van der Waals surface area contributed by atoms with E-state index >= 15 is 0 Å². The van der Waals surface area contributed by atoms with E-state index in [0.29, 0.717) is 11.0 Å². The molecule has 0 aliphatic carbocycles. The maximum Gasteiger partial charge on any atom is 0.137 e. The fourth-order valence-electron chi connectivity index (χ4n) is 2.26. The van der Waals surface area contributed by atoms with Gasteiger partial charge in [-0.3, -0.25) is 0 Å². The van der Waals surface area contributed by atoms with Crippen molar-refractivity contribution >= 4 is 48.3 Å². The van der Waals surface area contributed by atoms with Gasteiger partial charge < -0.3 is 5.32 Å². The van der Waals surface area contributed by atoms with Crippen molar-refractivity contribution in [2.24, 2.45) is 0 Å². The van der Waals surface area contributed by atoms with Gasteiger partial charge in [-0.2, -0.15) is 0 Å². The van der Waals surface area contributed by atoms with Crippen LogP contribution in [0.3, 0.4) is 0 Å². The van der Waals surface area contributed by atoms with Crippen molar-refractivity contribution in [3.8, 4) is 0 Å². The number of anilines is 1. The molecule has 4 heteroatoms. The van der Waals surface area contributed by atoms with Crippen molar-refractivity contribution in [1.29, 1.82) is 0 Å². The van der Waals surface area contributed by atoms with Gasteiger partial charge >= 0.3 is 0 Å². The molecule has 1 nitrogen and oxygen atoms in total. The number of hydrogen-bond acceptors (Lipinski definition) is 1. The minimum atomic E-state index is -0.243. The van der Waals surface area contributed by atoms with Gasteiger partial charge in [-0.25, -0.2) is 4.39 Å². The van der Waals surface area contributed by atoms with Gasteiger partial charge in [-0.1, -0.05) is 46.3 Å². The third-order valence-corrected chi connectivity index (χ3v) is 4.64. The molecule has 0 spiro atoms. The highest BCUT2D eigenvalue weighted by Crippen LogP contribution is 2.30. The zero-order valence-corrected chi connectivity index (χ0v) is 14.2. The Kier molecular flexibility index (Phi) is 4.27. The lowest BCUT2D eigenvalue weighted by Gasteiger charge is -2.11. The number of hydrogen-bond donors (Lipinski definition) is 1. The number of halogens is 3. The van der Waals surface area contributed by atoms with E-state index in [4.69, 9.17) is 0 Å². The van der Waals surface area contributed by atoms with E-state index in [0.717, 1.165) is 21.1 Å². The van der Waals surface area contributed by atoms with E-state index in [1.165, 1.54) is 11.5 Å². The first-order chi connectivity index (χ1) is 10.1. The molecule has 0 aromatic heterocycles. The van der Waals surface area contributed by atoms with Gasteiger partial charge in [0.05, 0.1) is 4.47 Å². The van der Waals surface area contributed by atoms with Crippen LogP contribution in [-0.2, 0) is 6.54 Å². The summed E-state index contributed by atoms with van der Waals surface area (Å²) in [6.45, 7) is 0.643. The number of rotatable bonds is 3. The SMILES string of the molecule is Fc1ccc(CNc2ccc(Br)c3ccccc23)cc1Br. The van der Waals surface area contributed by atoms with Gasteiger partial charge in [0, 0.05) is 22.1 Å². The van der Waals surface area contributed by atoms with Gasteiger partial charge in [-0.15, -0.1) is 0 Å². The Balaban J connectivity index is 1.88. The summed E-state index contributed by atoms with van der Waals surface area (Å²) in [5, 5.41) is 5.74. The quantitative estimate of drug-likeness (QED) is 0.550. The standard InChI is InChI=1S/C17H12Br2FN/c18-14-6-8-17(13-4-2-1-3-12(13)14)21-10-11-5-7-16(20)15(19)9-11/h1-9,21H,10H2. The molecular weight excluding hydrogens is 397 g/mol. The molecule has 0 aliphatic heterocycles. The summed E-state index contributed by atoms with van der Waals surface area (Å²) in [7, 11) is 0. The molecule has 3 aromatic rings. The molecule has 0 bridgehead atoms. The summed E-state index contributed by atoms with van der Waals surface area (Å²) in [6, 6.07) is 17.3. The Bertz CT molecular complexity index is 802. The minimum absolute atomic E-state index is 0.243. The highest BCUT2D eigenvalue weighted by molar-refractivity contribution is 9.11. The molecule has 0 fully saturated rings. The maximum atomic E-state index is 13.2. The minimum Gasteiger partial charge on any atom is -0.380 e. The van der Waals surface area contributed by atoms with Crippen molar-refractivity contribution in [2.75, 3.05) is 5.32 Å². The van der Waals surface area contributed by atoms with E-state index in [1.807, 2.05) is 24.3 Å². The number of fused-ring (bicyclic) bond motifs is 1. The van der Waals surface area contributed by atoms with Crippen LogP contribution in [0.25, 0.3) is 10.8 Å². The zero-order valence-electron chi connectivity index (χ0n) is 11.0. The normalized spacial score (nSPS) is 10.8. The Hall–Kier alpha value is -1.39. The largest absolute Gasteiger partial charge is 0.380 e. The highest BCUT2D eigenvalue weighted by atomic mass is 79.9. The molecule has 0 saturated carbocycles. The van der Waals surface area contributed by atoms with E-state index in [-0.39, 0.29) is 5.82 Å². The Morgan fingerprint density at radius 1 is 0.857 bits per heavy atom. The van der Waals surface area contributed by atoms with Crippen LogP contribution in [0, 0.1) is 5.82 Å². The highest BCUT2D eigenvalue weighted by Gasteiger charge is 2.05. The van der Waals surface area contributed by atoms with E-state index in [1.54, 1.807) is 12.1 Å². The van der Waals surface area contributed by atoms with E-state index < -0.39 is 0 Å². The van der Waals surface area contributed by atoms with Gasteiger partial charge in [-0.05, 0) is 51.1 Å². The van der Waals surface area contributed by atoms with Gasteiger partial charge in [0.15, 0.2) is 0 Å². The van der Waals surface area contributed by atoms with Crippen LogP contribution in [0.2, 0.25) is 0 Å². The Morgan fingerprint density at radius 3 is 2.38 bits per heavy atom. The van der Waals surface area contributed by atoms with E-state index in [2.05, 4.69) is 49.3 Å². The molecular formula is C17H12Br2FN. The van der Waals surface area contributed by atoms with Crippen LogP contribution in [0.5, 0.6) is 0 Å². The van der Waals surface area contributed by atoms with Crippen LogP contribution < -0.4 is 5.32 Å². The third-order valence-electron chi connectivity index (χ3n) is 3.34. The molecule has 21 heavy (non-hydrogen) atoms. The molecule has 0 unspecified atom stereocenters. The van der Waals surface area contributed by atoms with Crippen molar-refractivity contribution in [3.63, 3.8) is 0 Å². The zero-order chi connectivity index (χ0) is 14.8. The summed E-state index contributed by atoms with van der Waals surface area (Å²) < 4.78 is 14.8. The third kappa shape index (κ3) is 3.11. The average molecular weight is 409 g/mol. The molecule has 0 heterocycles. The molecule has 0 amide bonds. The molecule has 3 aromatic carbocycles. The first-order valence-electron chi connectivity index (χ1n) is 6.50. The lowest BCUT2D eigenvalue weighted by atomic mass is 10.1. The Morgan fingerprint density at radius 2 is 1.62 bits per heavy atom. The average Bonchev–Trinajstić information content (AvgIpc) is 2.50. The smallest absolute Gasteiger partial charge is 0.137 e. The molecule has 106 valence electrons. The van der Waals surface area contributed by atoms with Gasteiger partial charge in [0.2, 0.25) is 0 Å². The van der Waals surface area contributed by atoms with E-state index in [9.17, 15) is 4.39 Å². The fraction of sp³-hybridized carbons (Fsp3) is 0.0588. The van der Waals surface area contributed by atoms with Crippen LogP contribution in [-0.4, -0.2) is 0 Å². The van der Waals surface area contributed by atoms with Gasteiger partial charge in [0.25, 0.3) is 0 Å². The second kappa shape index (κ2) is 6.16. The van der Waals surface area contributed by atoms with Gasteiger partial charge in [0.1, 0.15) is 5.82 Å². The second-order valence-corrected chi connectivity index (χ2v) is 6.45. The fourth-order valence-corrected chi connectivity index (χ4v) is 3.17. The predicted molar refractivity (Wildman–Crippen MR) is 93.1 cm³/mol. The van der Waals surface area contributed by atoms with Crippen molar-refractivity contribution in [1.82, 2.24) is 0 Å². The predicted octanol–water partition coefficient (Wildman–Crippen LogP) is 6.12. The van der Waals surface area contributed by atoms with Crippen LogP contribution >= 0.6 is 31.9 Å². The monoisotopic (exact) mass is 407 g/mol. The van der Waals surface area contributed by atoms with Crippen LogP contribution in [0.15, 0.2) is 63.5 Å². The van der Waals surface area contributed by atoms with Crippen LogP contribution in [0.4, 0.5) is 10.1 Å². The lowest BCUT2D eigenvalue weighted by molar-refractivity contribution is 0.620. The molecule has 0 atom stereocenters. The first kappa shape index (κ1) is 14.5. The first-order valence-corrected chi connectivity index (χ1v) is 8.09. The summed E-state index contributed by atoms with van der Waals surface area (Å²) in [5.74, 6) is -0.243. The molecule has 3 rings (SSSR count). The molecule has 0 radical (unpaired) electrons. The summed E-state index contributed by atoms with van der Waals surface area (Å²) in [5.41, 5.74) is 2.09. The summed E-state index contributed by atoms with van der Waals surface area (Å²) in [4.78, 5) is 0. The topological polar surface area (TPSA) is 12.0 Å². The molecule has 1 N–H and O–H groups in total. The number of benzene rings is 3. The van der Waals surface area contributed by atoms with Crippen LogP contribution in [0.1, 0.15) is 5.56 Å². The summed E-state index contributed by atoms with van der Waals surface area (Å²) >= 11 is 6.78. The maximum absolute atomic E-state index is 13.2. The summed E-state index contributed by atoms with van der Waals surface area (Å²) in [6.07, 6.45) is 0. The van der Waals surface area contributed by atoms with Crippen molar-refractivity contribution < 1.29 is 4.39 Å².